The number of carbonyl (C=O) groups excluding carboxylic acids is 1. The molecule has 124 valence electrons. The molecule has 2 heterocycles. The Morgan fingerprint density at radius 3 is 1.92 bits per heavy atom. The van der Waals surface area contributed by atoms with Crippen molar-refractivity contribution in [3.8, 4) is 22.5 Å². The molecule has 0 unspecified atom stereocenters. The summed E-state index contributed by atoms with van der Waals surface area (Å²) >= 11 is 0. The molecule has 4 rings (SSSR count). The van der Waals surface area contributed by atoms with Gasteiger partial charge in [0.15, 0.2) is 5.78 Å². The van der Waals surface area contributed by atoms with Crippen LogP contribution in [0.4, 0.5) is 0 Å². The highest BCUT2D eigenvalue weighted by molar-refractivity contribution is 6.01. The van der Waals surface area contributed by atoms with Crippen LogP contribution in [0, 0.1) is 0 Å². The Hall–Kier alpha value is -2.78. The van der Waals surface area contributed by atoms with E-state index in [2.05, 4.69) is 5.32 Å². The Balaban J connectivity index is 1.82. The van der Waals surface area contributed by atoms with Crippen molar-refractivity contribution in [3.05, 3.63) is 78.4 Å². The summed E-state index contributed by atoms with van der Waals surface area (Å²) in [5, 5.41) is 3.30. The van der Waals surface area contributed by atoms with Crippen LogP contribution in [0.1, 0.15) is 23.2 Å². The van der Waals surface area contributed by atoms with E-state index in [9.17, 15) is 4.79 Å². The highest BCUT2D eigenvalue weighted by Gasteiger charge is 2.24. The van der Waals surface area contributed by atoms with Crippen LogP contribution in [0.2, 0.25) is 0 Å². The third kappa shape index (κ3) is 3.37. The maximum absolute atomic E-state index is 12.9. The maximum Gasteiger partial charge on any atom is 0.179 e. The summed E-state index contributed by atoms with van der Waals surface area (Å²) < 4.78 is 0. The Morgan fingerprint density at radius 1 is 0.880 bits per heavy atom. The van der Waals surface area contributed by atoms with Gasteiger partial charge in [-0.05, 0) is 31.5 Å². The number of nitrogens with zero attached hydrogens (tertiary/aromatic N) is 1. The number of aromatic nitrogens is 1. The van der Waals surface area contributed by atoms with Gasteiger partial charge in [0.05, 0.1) is 17.4 Å². The first-order valence-electron chi connectivity index (χ1n) is 8.72. The van der Waals surface area contributed by atoms with E-state index in [4.69, 9.17) is 4.98 Å². The monoisotopic (exact) mass is 328 g/mol. The summed E-state index contributed by atoms with van der Waals surface area (Å²) in [6.45, 7) is 0.915. The molecule has 3 nitrogen and oxygen atoms in total. The van der Waals surface area contributed by atoms with Crippen molar-refractivity contribution in [2.24, 2.45) is 0 Å². The summed E-state index contributed by atoms with van der Waals surface area (Å²) in [7, 11) is 0. The molecule has 3 heteroatoms. The number of benzene rings is 2. The molecular weight excluding hydrogens is 308 g/mol. The third-order valence-electron chi connectivity index (χ3n) is 4.63. The fourth-order valence-electron chi connectivity index (χ4n) is 3.30. The molecule has 1 aromatic heterocycles. The van der Waals surface area contributed by atoms with Gasteiger partial charge in [-0.25, -0.2) is 4.98 Å². The number of Topliss-reactive ketones (excluding diaryl/α,β-unsaturated/α-hetero) is 1. The number of pyridine rings is 1. The molecule has 1 atom stereocenters. The molecule has 0 amide bonds. The largest absolute Gasteiger partial charge is 0.307 e. The fraction of sp³-hybridized carbons (Fsp3) is 0.182. The second-order valence-electron chi connectivity index (χ2n) is 6.37. The fourth-order valence-corrected chi connectivity index (χ4v) is 3.30. The van der Waals surface area contributed by atoms with E-state index in [1.165, 1.54) is 0 Å². The predicted octanol–water partition coefficient (Wildman–Crippen LogP) is 4.35. The van der Waals surface area contributed by atoms with Gasteiger partial charge in [0.2, 0.25) is 0 Å². The van der Waals surface area contributed by atoms with Crippen molar-refractivity contribution in [1.82, 2.24) is 10.3 Å². The number of hydrogen-bond donors (Lipinski definition) is 1. The van der Waals surface area contributed by atoms with Crippen LogP contribution < -0.4 is 5.32 Å². The standard InChI is InChI=1S/C22H20N2O/c25-22(19-12-7-13-23-19)18-14-20(16-8-3-1-4-9-16)24-21(15-18)17-10-5-2-6-11-17/h1-6,8-11,14-15,19,23H,7,12-13H2/t19-/m0/s1. The SMILES string of the molecule is O=C(c1cc(-c2ccccc2)nc(-c2ccccc2)c1)[C@@H]1CCCN1. The van der Waals surface area contributed by atoms with Crippen LogP contribution in [0.25, 0.3) is 22.5 Å². The normalized spacial score (nSPS) is 16.7. The van der Waals surface area contributed by atoms with E-state index in [0.29, 0.717) is 0 Å². The summed E-state index contributed by atoms with van der Waals surface area (Å²) in [6, 6.07) is 23.8. The van der Waals surface area contributed by atoms with Gasteiger partial charge in [0.25, 0.3) is 0 Å². The molecule has 0 aliphatic carbocycles. The lowest BCUT2D eigenvalue weighted by Gasteiger charge is -2.12. The molecule has 0 radical (unpaired) electrons. The van der Waals surface area contributed by atoms with Crippen LogP contribution in [0.3, 0.4) is 0 Å². The predicted molar refractivity (Wildman–Crippen MR) is 100 cm³/mol. The Kier molecular flexibility index (Phi) is 4.40. The molecule has 3 aromatic rings. The highest BCUT2D eigenvalue weighted by Crippen LogP contribution is 2.26. The molecule has 0 spiro atoms. The molecule has 25 heavy (non-hydrogen) atoms. The smallest absolute Gasteiger partial charge is 0.179 e. The Bertz CT molecular complexity index is 811. The van der Waals surface area contributed by atoms with Gasteiger partial charge in [-0.15, -0.1) is 0 Å². The maximum atomic E-state index is 12.9. The molecule has 0 bridgehead atoms. The zero-order valence-corrected chi connectivity index (χ0v) is 14.0. The first-order valence-corrected chi connectivity index (χ1v) is 8.72. The second-order valence-corrected chi connectivity index (χ2v) is 6.37. The average molecular weight is 328 g/mol. The molecular formula is C22H20N2O. The first kappa shape index (κ1) is 15.7. The number of rotatable bonds is 4. The molecule has 1 aliphatic heterocycles. The number of carbonyl (C=O) groups is 1. The van der Waals surface area contributed by atoms with Gasteiger partial charge < -0.3 is 5.32 Å². The number of ketones is 1. The van der Waals surface area contributed by atoms with Gasteiger partial charge in [-0.2, -0.15) is 0 Å². The van der Waals surface area contributed by atoms with Crippen molar-refractivity contribution in [3.63, 3.8) is 0 Å². The van der Waals surface area contributed by atoms with E-state index >= 15 is 0 Å². The van der Waals surface area contributed by atoms with Crippen molar-refractivity contribution >= 4 is 5.78 Å². The molecule has 1 N–H and O–H groups in total. The van der Waals surface area contributed by atoms with Gasteiger partial charge in [0, 0.05) is 16.7 Å². The van der Waals surface area contributed by atoms with Crippen molar-refractivity contribution in [1.29, 1.82) is 0 Å². The summed E-state index contributed by atoms with van der Waals surface area (Å²) in [5.74, 6) is 0.161. The van der Waals surface area contributed by atoms with Gasteiger partial charge in [-0.3, -0.25) is 4.79 Å². The van der Waals surface area contributed by atoms with Crippen molar-refractivity contribution < 1.29 is 4.79 Å². The lowest BCUT2D eigenvalue weighted by Crippen LogP contribution is -2.30. The molecule has 0 saturated carbocycles. The topological polar surface area (TPSA) is 42.0 Å². The van der Waals surface area contributed by atoms with Gasteiger partial charge in [-0.1, -0.05) is 60.7 Å². The minimum absolute atomic E-state index is 0.0744. The molecule has 1 saturated heterocycles. The van der Waals surface area contributed by atoms with E-state index in [0.717, 1.165) is 47.5 Å². The number of hydrogen-bond acceptors (Lipinski definition) is 3. The molecule has 1 aliphatic rings. The van der Waals surface area contributed by atoms with E-state index in [1.807, 2.05) is 72.8 Å². The van der Waals surface area contributed by atoms with Crippen molar-refractivity contribution in [2.45, 2.75) is 18.9 Å². The molecule has 1 fully saturated rings. The van der Waals surface area contributed by atoms with Crippen LogP contribution in [-0.2, 0) is 0 Å². The average Bonchev–Trinajstić information content (AvgIpc) is 3.23. The highest BCUT2D eigenvalue weighted by atomic mass is 16.1. The summed E-state index contributed by atoms with van der Waals surface area (Å²) in [4.78, 5) is 17.7. The van der Waals surface area contributed by atoms with Crippen LogP contribution in [-0.4, -0.2) is 23.4 Å². The third-order valence-corrected chi connectivity index (χ3v) is 4.63. The number of nitrogens with one attached hydrogen (secondary N) is 1. The van der Waals surface area contributed by atoms with E-state index < -0.39 is 0 Å². The quantitative estimate of drug-likeness (QED) is 0.724. The summed E-state index contributed by atoms with van der Waals surface area (Å²) in [6.07, 6.45) is 1.96. The lowest BCUT2D eigenvalue weighted by atomic mass is 9.98. The van der Waals surface area contributed by atoms with Crippen molar-refractivity contribution in [2.75, 3.05) is 6.54 Å². The van der Waals surface area contributed by atoms with Crippen LogP contribution >= 0.6 is 0 Å². The van der Waals surface area contributed by atoms with Crippen LogP contribution in [0.5, 0.6) is 0 Å². The van der Waals surface area contributed by atoms with E-state index in [1.54, 1.807) is 0 Å². The van der Waals surface area contributed by atoms with Gasteiger partial charge >= 0.3 is 0 Å². The minimum atomic E-state index is -0.0744. The zero-order valence-electron chi connectivity index (χ0n) is 14.0. The summed E-state index contributed by atoms with van der Waals surface area (Å²) in [5.41, 5.74) is 4.45. The molecule has 2 aromatic carbocycles. The minimum Gasteiger partial charge on any atom is -0.307 e. The zero-order chi connectivity index (χ0) is 17.1. The van der Waals surface area contributed by atoms with Gasteiger partial charge in [0.1, 0.15) is 0 Å². The second kappa shape index (κ2) is 6.99. The first-order chi connectivity index (χ1) is 12.3. The Morgan fingerprint density at radius 2 is 1.44 bits per heavy atom. The Labute approximate surface area is 147 Å². The lowest BCUT2D eigenvalue weighted by molar-refractivity contribution is 0.0952. The van der Waals surface area contributed by atoms with E-state index in [-0.39, 0.29) is 11.8 Å². The van der Waals surface area contributed by atoms with Crippen LogP contribution in [0.15, 0.2) is 72.8 Å².